The molecule has 0 bridgehead atoms. The van der Waals surface area contributed by atoms with E-state index in [1.165, 1.54) is 17.8 Å². The van der Waals surface area contributed by atoms with Crippen LogP contribution in [0.2, 0.25) is 0 Å². The van der Waals surface area contributed by atoms with Crippen LogP contribution in [0.4, 0.5) is 0 Å². The van der Waals surface area contributed by atoms with Crippen LogP contribution >= 0.6 is 11.3 Å². The second-order valence-corrected chi connectivity index (χ2v) is 8.61. The van der Waals surface area contributed by atoms with E-state index in [2.05, 4.69) is 20.1 Å². The number of nitrogens with zero attached hydrogens (tertiary/aromatic N) is 4. The largest absolute Gasteiger partial charge is 0.344 e. The number of hydrogen-bond acceptors (Lipinski definition) is 5. The number of carbonyl (C=O) groups is 1. The Hall–Kier alpha value is -3.32. The van der Waals surface area contributed by atoms with Crippen molar-refractivity contribution in [1.29, 1.82) is 0 Å². The fraction of sp³-hybridized carbons (Fsp3) is 0.250. The molecule has 2 aromatic heterocycles. The van der Waals surface area contributed by atoms with Crippen molar-refractivity contribution in [3.63, 3.8) is 0 Å². The average Bonchev–Trinajstić information content (AvgIpc) is 3.36. The molecule has 7 heteroatoms. The molecule has 0 aliphatic carbocycles. The van der Waals surface area contributed by atoms with Gasteiger partial charge in [0, 0.05) is 24.1 Å². The van der Waals surface area contributed by atoms with Gasteiger partial charge in [-0.3, -0.25) is 4.79 Å². The minimum Gasteiger partial charge on any atom is -0.344 e. The van der Waals surface area contributed by atoms with Gasteiger partial charge in [0.1, 0.15) is 15.7 Å². The summed E-state index contributed by atoms with van der Waals surface area (Å²) in [5, 5.41) is 12.5. The molecule has 0 radical (unpaired) electrons. The van der Waals surface area contributed by atoms with Gasteiger partial charge >= 0.3 is 0 Å². The molecule has 1 amide bonds. The number of amides is 1. The van der Waals surface area contributed by atoms with E-state index in [0.717, 1.165) is 53.6 Å². The zero-order valence-corrected chi connectivity index (χ0v) is 17.9. The third-order valence-corrected chi connectivity index (χ3v) is 6.60. The topological polar surface area (TPSA) is 72.7 Å². The maximum atomic E-state index is 13.2. The van der Waals surface area contributed by atoms with Crippen LogP contribution < -0.4 is 5.32 Å². The van der Waals surface area contributed by atoms with Crippen LogP contribution in [0.25, 0.3) is 21.8 Å². The predicted molar refractivity (Wildman–Crippen MR) is 122 cm³/mol. The fourth-order valence-corrected chi connectivity index (χ4v) is 4.89. The normalized spacial score (nSPS) is 13.4. The molecule has 0 fully saturated rings. The summed E-state index contributed by atoms with van der Waals surface area (Å²) in [5.41, 5.74) is 2.65. The van der Waals surface area contributed by atoms with E-state index in [1.54, 1.807) is 0 Å². The SMILES string of the molecule is O=C(NCc1nnc2n1CCCCC2)c1sc(-c2ccccc2)nc1-c1ccccc1. The molecule has 5 rings (SSSR count). The van der Waals surface area contributed by atoms with Crippen molar-refractivity contribution in [3.8, 4) is 21.8 Å². The van der Waals surface area contributed by atoms with Crippen molar-refractivity contribution in [2.24, 2.45) is 0 Å². The van der Waals surface area contributed by atoms with E-state index >= 15 is 0 Å². The van der Waals surface area contributed by atoms with Gasteiger partial charge in [-0.1, -0.05) is 67.1 Å². The van der Waals surface area contributed by atoms with Gasteiger partial charge in [0.05, 0.1) is 12.2 Å². The number of nitrogens with one attached hydrogen (secondary N) is 1. The van der Waals surface area contributed by atoms with Crippen LogP contribution in [-0.2, 0) is 19.5 Å². The summed E-state index contributed by atoms with van der Waals surface area (Å²) in [4.78, 5) is 18.7. The molecule has 0 atom stereocenters. The summed E-state index contributed by atoms with van der Waals surface area (Å²) in [7, 11) is 0. The predicted octanol–water partition coefficient (Wildman–Crippen LogP) is 4.73. The Morgan fingerprint density at radius 1 is 0.935 bits per heavy atom. The summed E-state index contributed by atoms with van der Waals surface area (Å²) in [6.07, 6.45) is 4.43. The molecule has 1 aliphatic heterocycles. The van der Waals surface area contributed by atoms with Crippen LogP contribution in [0.15, 0.2) is 60.7 Å². The lowest BCUT2D eigenvalue weighted by Crippen LogP contribution is -2.24. The highest BCUT2D eigenvalue weighted by Gasteiger charge is 2.21. The van der Waals surface area contributed by atoms with E-state index in [4.69, 9.17) is 4.98 Å². The lowest BCUT2D eigenvalue weighted by Gasteiger charge is -2.08. The van der Waals surface area contributed by atoms with Crippen molar-refractivity contribution in [1.82, 2.24) is 25.1 Å². The number of rotatable bonds is 5. The van der Waals surface area contributed by atoms with Crippen LogP contribution in [0.5, 0.6) is 0 Å². The molecule has 1 N–H and O–H groups in total. The zero-order chi connectivity index (χ0) is 21.0. The lowest BCUT2D eigenvalue weighted by atomic mass is 10.1. The van der Waals surface area contributed by atoms with Crippen molar-refractivity contribution in [2.75, 3.05) is 0 Å². The summed E-state index contributed by atoms with van der Waals surface area (Å²) < 4.78 is 2.16. The minimum atomic E-state index is -0.135. The molecule has 3 heterocycles. The number of aromatic nitrogens is 4. The number of fused-ring (bicyclic) bond motifs is 1. The number of hydrogen-bond donors (Lipinski definition) is 1. The Morgan fingerprint density at radius 2 is 1.68 bits per heavy atom. The molecule has 156 valence electrons. The third-order valence-electron chi connectivity index (χ3n) is 5.49. The summed E-state index contributed by atoms with van der Waals surface area (Å²) in [6.45, 7) is 1.28. The number of benzene rings is 2. The highest BCUT2D eigenvalue weighted by atomic mass is 32.1. The Kier molecular flexibility index (Phi) is 5.58. The van der Waals surface area contributed by atoms with E-state index in [9.17, 15) is 4.79 Å². The molecule has 6 nitrogen and oxygen atoms in total. The van der Waals surface area contributed by atoms with Gasteiger partial charge in [-0.25, -0.2) is 4.98 Å². The van der Waals surface area contributed by atoms with Gasteiger partial charge < -0.3 is 9.88 Å². The Balaban J connectivity index is 1.43. The lowest BCUT2D eigenvalue weighted by molar-refractivity contribution is 0.0954. The fourth-order valence-electron chi connectivity index (χ4n) is 3.89. The van der Waals surface area contributed by atoms with Gasteiger partial charge in [-0.15, -0.1) is 21.5 Å². The quantitative estimate of drug-likeness (QED) is 0.498. The monoisotopic (exact) mass is 429 g/mol. The van der Waals surface area contributed by atoms with Crippen LogP contribution in [-0.4, -0.2) is 25.7 Å². The minimum absolute atomic E-state index is 0.135. The highest BCUT2D eigenvalue weighted by Crippen LogP contribution is 2.33. The van der Waals surface area contributed by atoms with Crippen LogP contribution in [0, 0.1) is 0 Å². The Bertz CT molecular complexity index is 1180. The summed E-state index contributed by atoms with van der Waals surface area (Å²) >= 11 is 1.42. The number of carbonyl (C=O) groups excluding carboxylic acids is 1. The second kappa shape index (κ2) is 8.81. The maximum Gasteiger partial charge on any atom is 0.264 e. The van der Waals surface area contributed by atoms with E-state index in [1.807, 2.05) is 60.7 Å². The number of thiazole rings is 1. The molecular weight excluding hydrogens is 406 g/mol. The Labute approximate surface area is 185 Å². The first-order valence-corrected chi connectivity index (χ1v) is 11.4. The van der Waals surface area contributed by atoms with Gasteiger partial charge in [0.25, 0.3) is 5.91 Å². The van der Waals surface area contributed by atoms with Crippen molar-refractivity contribution < 1.29 is 4.79 Å². The highest BCUT2D eigenvalue weighted by molar-refractivity contribution is 7.17. The molecule has 0 saturated carbocycles. The molecule has 0 unspecified atom stereocenters. The molecule has 1 aliphatic rings. The molecule has 0 saturated heterocycles. The van der Waals surface area contributed by atoms with Gasteiger partial charge in [-0.05, 0) is 12.8 Å². The van der Waals surface area contributed by atoms with Crippen molar-refractivity contribution in [2.45, 2.75) is 38.8 Å². The first-order valence-electron chi connectivity index (χ1n) is 10.6. The Morgan fingerprint density at radius 3 is 2.45 bits per heavy atom. The van der Waals surface area contributed by atoms with Crippen LogP contribution in [0.1, 0.15) is 40.6 Å². The summed E-state index contributed by atoms with van der Waals surface area (Å²) in [6, 6.07) is 19.8. The van der Waals surface area contributed by atoms with Gasteiger partial charge in [0.15, 0.2) is 5.82 Å². The van der Waals surface area contributed by atoms with E-state index in [-0.39, 0.29) is 5.91 Å². The molecule has 31 heavy (non-hydrogen) atoms. The molecule has 2 aromatic carbocycles. The smallest absolute Gasteiger partial charge is 0.264 e. The molecule has 4 aromatic rings. The standard InChI is InChI=1S/C24H23N5OS/c30-23(25-16-20-28-27-19-14-8-3-9-15-29(19)20)22-21(17-10-4-1-5-11-17)26-24(31-22)18-12-6-2-7-13-18/h1-2,4-7,10-13H,3,8-9,14-16H2,(H,25,30). The van der Waals surface area contributed by atoms with Crippen LogP contribution in [0.3, 0.4) is 0 Å². The first-order chi connectivity index (χ1) is 15.3. The maximum absolute atomic E-state index is 13.2. The van der Waals surface area contributed by atoms with Gasteiger partial charge in [0.2, 0.25) is 0 Å². The summed E-state index contributed by atoms with van der Waals surface area (Å²) in [5.74, 6) is 1.71. The molecule has 0 spiro atoms. The van der Waals surface area contributed by atoms with Gasteiger partial charge in [-0.2, -0.15) is 0 Å². The first kappa shape index (κ1) is 19.6. The number of aryl methyl sites for hydroxylation is 1. The zero-order valence-electron chi connectivity index (χ0n) is 17.1. The van der Waals surface area contributed by atoms with E-state index in [0.29, 0.717) is 17.1 Å². The third kappa shape index (κ3) is 4.14. The van der Waals surface area contributed by atoms with E-state index < -0.39 is 0 Å². The molecular formula is C24H23N5OS. The van der Waals surface area contributed by atoms with Crippen molar-refractivity contribution in [3.05, 3.63) is 77.2 Å². The second-order valence-electron chi connectivity index (χ2n) is 7.61. The average molecular weight is 430 g/mol. The van der Waals surface area contributed by atoms with Crippen molar-refractivity contribution >= 4 is 17.2 Å².